The van der Waals surface area contributed by atoms with E-state index in [0.717, 1.165) is 23.3 Å². The van der Waals surface area contributed by atoms with Crippen LogP contribution in [0.5, 0.6) is 11.5 Å². The van der Waals surface area contributed by atoms with Gasteiger partial charge in [0.05, 0.1) is 14.2 Å². The van der Waals surface area contributed by atoms with Crippen LogP contribution in [0.4, 0.5) is 10.5 Å². The minimum absolute atomic E-state index is 0.110. The summed E-state index contributed by atoms with van der Waals surface area (Å²) in [5, 5.41) is 2.90. The molecule has 1 heterocycles. The molecule has 1 unspecified atom stereocenters. The first-order chi connectivity index (χ1) is 14.1. The zero-order chi connectivity index (χ0) is 20.8. The number of thioether (sulfide) groups is 1. The molecule has 1 saturated heterocycles. The Hall–Kier alpha value is -2.67. The fourth-order valence-corrected chi connectivity index (χ4v) is 4.16. The first kappa shape index (κ1) is 21.0. The number of ether oxygens (including phenoxy) is 2. The Balaban J connectivity index is 1.69. The summed E-state index contributed by atoms with van der Waals surface area (Å²) in [7, 11) is 3.12. The number of amides is 2. The van der Waals surface area contributed by atoms with Gasteiger partial charge >= 0.3 is 6.03 Å². The average Bonchev–Trinajstić information content (AvgIpc) is 2.78. The van der Waals surface area contributed by atoms with Crippen molar-refractivity contribution in [1.29, 1.82) is 0 Å². The predicted molar refractivity (Wildman–Crippen MR) is 115 cm³/mol. The molecule has 3 rings (SSSR count). The molecular weight excluding hydrogens is 388 g/mol. The second kappa shape index (κ2) is 9.69. The Morgan fingerprint density at radius 2 is 1.86 bits per heavy atom. The standard InChI is InChI=1S/C22H26N2O4S/c1-27-18-11-10-16(13-19(18)28-2)23-22(26)24-12-6-7-15(14-24)21(25)17-8-4-5-9-20(17)29-3/h4-5,8-11,13,15H,6-7,12,14H2,1-3H3,(H,23,26). The molecule has 0 aromatic heterocycles. The van der Waals surface area contributed by atoms with E-state index in [0.29, 0.717) is 30.3 Å². The highest BCUT2D eigenvalue weighted by atomic mass is 32.2. The number of hydrogen-bond acceptors (Lipinski definition) is 5. The molecule has 2 amide bonds. The Morgan fingerprint density at radius 3 is 2.59 bits per heavy atom. The van der Waals surface area contributed by atoms with Crippen LogP contribution in [0.25, 0.3) is 0 Å². The van der Waals surface area contributed by atoms with Crippen LogP contribution in [-0.4, -0.2) is 50.3 Å². The van der Waals surface area contributed by atoms with Crippen LogP contribution in [0, 0.1) is 5.92 Å². The number of nitrogens with one attached hydrogen (secondary N) is 1. The van der Waals surface area contributed by atoms with Gasteiger partial charge in [-0.05, 0) is 37.3 Å². The highest BCUT2D eigenvalue weighted by Crippen LogP contribution is 2.30. The number of benzene rings is 2. The van der Waals surface area contributed by atoms with Gasteiger partial charge in [0.15, 0.2) is 17.3 Å². The Kier molecular flexibility index (Phi) is 7.04. The number of anilines is 1. The number of carbonyl (C=O) groups excluding carboxylic acids is 2. The molecule has 6 nitrogen and oxygen atoms in total. The maximum atomic E-state index is 13.1. The van der Waals surface area contributed by atoms with Gasteiger partial charge in [0, 0.05) is 41.2 Å². The molecule has 0 radical (unpaired) electrons. The molecule has 154 valence electrons. The lowest BCUT2D eigenvalue weighted by Crippen LogP contribution is -2.44. The van der Waals surface area contributed by atoms with E-state index in [1.165, 1.54) is 0 Å². The van der Waals surface area contributed by atoms with E-state index < -0.39 is 0 Å². The van der Waals surface area contributed by atoms with Gasteiger partial charge in [0.2, 0.25) is 0 Å². The molecule has 0 bridgehead atoms. The molecule has 2 aromatic carbocycles. The van der Waals surface area contributed by atoms with Gasteiger partial charge in [-0.1, -0.05) is 18.2 Å². The number of nitrogens with zero attached hydrogens (tertiary/aromatic N) is 1. The minimum atomic E-state index is -0.215. The van der Waals surface area contributed by atoms with Gasteiger partial charge in [-0.15, -0.1) is 11.8 Å². The molecule has 1 atom stereocenters. The summed E-state index contributed by atoms with van der Waals surface area (Å²) in [5.41, 5.74) is 1.36. The number of piperidine rings is 1. The average molecular weight is 415 g/mol. The van der Waals surface area contributed by atoms with E-state index in [-0.39, 0.29) is 17.7 Å². The van der Waals surface area contributed by atoms with Crippen molar-refractivity contribution in [3.63, 3.8) is 0 Å². The van der Waals surface area contributed by atoms with Gasteiger partial charge in [0.25, 0.3) is 0 Å². The minimum Gasteiger partial charge on any atom is -0.493 e. The first-order valence-corrected chi connectivity index (χ1v) is 10.7. The third kappa shape index (κ3) is 4.85. The topological polar surface area (TPSA) is 67.9 Å². The predicted octanol–water partition coefficient (Wildman–Crippen LogP) is 4.55. The molecule has 1 aliphatic rings. The molecule has 1 fully saturated rings. The third-order valence-corrected chi connectivity index (χ3v) is 5.88. The van der Waals surface area contributed by atoms with Crippen molar-refractivity contribution in [1.82, 2.24) is 4.90 Å². The van der Waals surface area contributed by atoms with E-state index in [2.05, 4.69) is 5.32 Å². The molecule has 7 heteroatoms. The number of likely N-dealkylation sites (tertiary alicyclic amines) is 1. The lowest BCUT2D eigenvalue weighted by atomic mass is 9.90. The van der Waals surface area contributed by atoms with Crippen LogP contribution in [0.3, 0.4) is 0 Å². The summed E-state index contributed by atoms with van der Waals surface area (Å²) in [6.07, 6.45) is 3.56. The van der Waals surface area contributed by atoms with Crippen molar-refractivity contribution < 1.29 is 19.1 Å². The fraction of sp³-hybridized carbons (Fsp3) is 0.364. The zero-order valence-corrected chi connectivity index (χ0v) is 17.8. The Morgan fingerprint density at radius 1 is 1.10 bits per heavy atom. The van der Waals surface area contributed by atoms with Gasteiger partial charge in [-0.3, -0.25) is 4.79 Å². The van der Waals surface area contributed by atoms with Crippen LogP contribution in [-0.2, 0) is 0 Å². The normalized spacial score (nSPS) is 16.2. The summed E-state index contributed by atoms with van der Waals surface area (Å²) in [5.74, 6) is 1.07. The molecule has 0 spiro atoms. The van der Waals surface area contributed by atoms with Gasteiger partial charge in [-0.2, -0.15) is 0 Å². The maximum Gasteiger partial charge on any atom is 0.321 e. The van der Waals surface area contributed by atoms with Crippen LogP contribution in [0.2, 0.25) is 0 Å². The van der Waals surface area contributed by atoms with E-state index in [9.17, 15) is 9.59 Å². The van der Waals surface area contributed by atoms with E-state index in [4.69, 9.17) is 9.47 Å². The van der Waals surface area contributed by atoms with Gasteiger partial charge in [-0.25, -0.2) is 4.79 Å². The summed E-state index contributed by atoms with van der Waals surface area (Å²) >= 11 is 1.57. The Bertz CT molecular complexity index is 887. The van der Waals surface area contributed by atoms with Crippen molar-refractivity contribution in [3.8, 4) is 11.5 Å². The monoisotopic (exact) mass is 414 g/mol. The fourth-order valence-electron chi connectivity index (χ4n) is 3.56. The summed E-state index contributed by atoms with van der Waals surface area (Å²) < 4.78 is 10.5. The largest absolute Gasteiger partial charge is 0.493 e. The zero-order valence-electron chi connectivity index (χ0n) is 16.9. The number of ketones is 1. The van der Waals surface area contributed by atoms with Crippen LogP contribution in [0.15, 0.2) is 47.4 Å². The SMILES string of the molecule is COc1ccc(NC(=O)N2CCCC(C(=O)c3ccccc3SC)C2)cc1OC. The van der Waals surface area contributed by atoms with Crippen molar-refractivity contribution in [3.05, 3.63) is 48.0 Å². The van der Waals surface area contributed by atoms with Crippen molar-refractivity contribution in [2.45, 2.75) is 17.7 Å². The number of urea groups is 1. The smallest absolute Gasteiger partial charge is 0.321 e. The van der Waals surface area contributed by atoms with E-state index in [1.807, 2.05) is 30.5 Å². The lowest BCUT2D eigenvalue weighted by molar-refractivity contribution is 0.0848. The summed E-state index contributed by atoms with van der Waals surface area (Å²) in [6.45, 7) is 1.05. The molecule has 0 aliphatic carbocycles. The quantitative estimate of drug-likeness (QED) is 0.555. The molecular formula is C22H26N2O4S. The molecule has 1 N–H and O–H groups in total. The van der Waals surface area contributed by atoms with Crippen molar-refractivity contribution >= 4 is 29.3 Å². The molecule has 0 saturated carbocycles. The second-order valence-electron chi connectivity index (χ2n) is 6.85. The summed E-state index contributed by atoms with van der Waals surface area (Å²) in [4.78, 5) is 28.5. The number of rotatable bonds is 6. The maximum absolute atomic E-state index is 13.1. The van der Waals surface area contributed by atoms with E-state index >= 15 is 0 Å². The number of methoxy groups -OCH3 is 2. The third-order valence-electron chi connectivity index (χ3n) is 5.09. The highest BCUT2D eigenvalue weighted by Gasteiger charge is 2.30. The number of carbonyl (C=O) groups is 2. The van der Waals surface area contributed by atoms with Crippen LogP contribution >= 0.6 is 11.8 Å². The molecule has 29 heavy (non-hydrogen) atoms. The molecule has 1 aliphatic heterocycles. The van der Waals surface area contributed by atoms with Gasteiger partial charge in [0.1, 0.15) is 0 Å². The van der Waals surface area contributed by atoms with Crippen LogP contribution in [0.1, 0.15) is 23.2 Å². The second-order valence-corrected chi connectivity index (χ2v) is 7.70. The first-order valence-electron chi connectivity index (χ1n) is 9.52. The summed E-state index contributed by atoms with van der Waals surface area (Å²) in [6, 6.07) is 12.7. The number of Topliss-reactive ketones (excluding diaryl/α,β-unsaturated/α-hetero) is 1. The van der Waals surface area contributed by atoms with Crippen molar-refractivity contribution in [2.75, 3.05) is 38.9 Å². The van der Waals surface area contributed by atoms with Gasteiger partial charge < -0.3 is 19.7 Å². The number of hydrogen-bond donors (Lipinski definition) is 1. The molecule has 2 aromatic rings. The lowest BCUT2D eigenvalue weighted by Gasteiger charge is -2.32. The van der Waals surface area contributed by atoms with Crippen LogP contribution < -0.4 is 14.8 Å². The Labute approximate surface area is 175 Å². The van der Waals surface area contributed by atoms with E-state index in [1.54, 1.807) is 49.1 Å². The van der Waals surface area contributed by atoms with Crippen molar-refractivity contribution in [2.24, 2.45) is 5.92 Å². The highest BCUT2D eigenvalue weighted by molar-refractivity contribution is 7.98.